The van der Waals surface area contributed by atoms with E-state index in [1.165, 1.54) is 11.3 Å². The summed E-state index contributed by atoms with van der Waals surface area (Å²) in [6, 6.07) is 18.4. The van der Waals surface area contributed by atoms with Gasteiger partial charge in [-0.1, -0.05) is 42.5 Å². The van der Waals surface area contributed by atoms with Gasteiger partial charge in [-0.05, 0) is 24.1 Å². The SMILES string of the molecule is Nc1nc(N2CCc3c(ncn3CCc3ccccc3)C2)nc2ccccc12. The average Bonchev–Trinajstić information content (AvgIpc) is 3.15. The predicted octanol–water partition coefficient (Wildman–Crippen LogP) is 3.21. The lowest BCUT2D eigenvalue weighted by Gasteiger charge is -2.27. The van der Waals surface area contributed by atoms with Crippen molar-refractivity contribution in [3.8, 4) is 0 Å². The van der Waals surface area contributed by atoms with E-state index in [0.717, 1.165) is 42.5 Å². The molecular weight excluding hydrogens is 348 g/mol. The van der Waals surface area contributed by atoms with Crippen molar-refractivity contribution in [2.45, 2.75) is 25.9 Å². The van der Waals surface area contributed by atoms with Gasteiger partial charge in [-0.3, -0.25) is 0 Å². The number of anilines is 2. The van der Waals surface area contributed by atoms with Crippen LogP contribution in [-0.4, -0.2) is 26.1 Å². The Kier molecular flexibility index (Phi) is 4.16. The molecule has 3 heterocycles. The fourth-order valence-electron chi connectivity index (χ4n) is 3.86. The Morgan fingerprint density at radius 3 is 2.68 bits per heavy atom. The normalized spacial score (nSPS) is 13.6. The largest absolute Gasteiger partial charge is 0.383 e. The number of fused-ring (bicyclic) bond motifs is 2. The number of hydrogen-bond acceptors (Lipinski definition) is 5. The van der Waals surface area contributed by atoms with Crippen LogP contribution in [0, 0.1) is 0 Å². The number of nitrogens with two attached hydrogens (primary N) is 1. The Balaban J connectivity index is 1.35. The van der Waals surface area contributed by atoms with Crippen LogP contribution in [-0.2, 0) is 25.9 Å². The quantitative estimate of drug-likeness (QED) is 0.597. The maximum atomic E-state index is 6.16. The standard InChI is InChI=1S/C22H22N6/c23-21-17-8-4-5-9-18(17)25-22(26-21)27-13-11-20-19(14-27)24-15-28(20)12-10-16-6-2-1-3-7-16/h1-9,15H,10-14H2,(H2,23,25,26). The third-order valence-corrected chi connectivity index (χ3v) is 5.38. The molecule has 0 unspecified atom stereocenters. The third kappa shape index (κ3) is 3.07. The van der Waals surface area contributed by atoms with Gasteiger partial charge < -0.3 is 15.2 Å². The molecule has 6 nitrogen and oxygen atoms in total. The minimum atomic E-state index is 0.528. The summed E-state index contributed by atoms with van der Waals surface area (Å²) >= 11 is 0. The Hall–Kier alpha value is -3.41. The number of hydrogen-bond donors (Lipinski definition) is 1. The van der Waals surface area contributed by atoms with Gasteiger partial charge in [-0.15, -0.1) is 0 Å². The van der Waals surface area contributed by atoms with E-state index in [-0.39, 0.29) is 0 Å². The summed E-state index contributed by atoms with van der Waals surface area (Å²) in [4.78, 5) is 16.1. The van der Waals surface area contributed by atoms with Crippen molar-refractivity contribution in [3.05, 3.63) is 77.9 Å². The van der Waals surface area contributed by atoms with E-state index >= 15 is 0 Å². The molecule has 0 radical (unpaired) electrons. The summed E-state index contributed by atoms with van der Waals surface area (Å²) in [5.74, 6) is 1.21. The topological polar surface area (TPSA) is 72.9 Å². The van der Waals surface area contributed by atoms with Crippen molar-refractivity contribution in [1.29, 1.82) is 0 Å². The van der Waals surface area contributed by atoms with Crippen LogP contribution in [0.1, 0.15) is 17.0 Å². The molecule has 2 aromatic carbocycles. The van der Waals surface area contributed by atoms with Crippen LogP contribution < -0.4 is 10.6 Å². The lowest BCUT2D eigenvalue weighted by molar-refractivity contribution is 0.620. The number of para-hydroxylation sites is 1. The fraction of sp³-hybridized carbons (Fsp3) is 0.227. The van der Waals surface area contributed by atoms with E-state index in [9.17, 15) is 0 Å². The molecule has 0 aliphatic carbocycles. The van der Waals surface area contributed by atoms with Crippen LogP contribution >= 0.6 is 0 Å². The third-order valence-electron chi connectivity index (χ3n) is 5.38. The molecule has 0 bridgehead atoms. The zero-order valence-corrected chi connectivity index (χ0v) is 15.6. The molecule has 140 valence electrons. The van der Waals surface area contributed by atoms with Crippen molar-refractivity contribution < 1.29 is 0 Å². The van der Waals surface area contributed by atoms with Crippen LogP contribution in [0.3, 0.4) is 0 Å². The lowest BCUT2D eigenvalue weighted by atomic mass is 10.1. The smallest absolute Gasteiger partial charge is 0.228 e. The Labute approximate surface area is 163 Å². The molecule has 28 heavy (non-hydrogen) atoms. The second-order valence-electron chi connectivity index (χ2n) is 7.16. The van der Waals surface area contributed by atoms with Crippen LogP contribution in [0.25, 0.3) is 10.9 Å². The molecule has 0 atom stereocenters. The molecule has 1 aliphatic rings. The van der Waals surface area contributed by atoms with Gasteiger partial charge in [0.15, 0.2) is 0 Å². The first-order valence-corrected chi connectivity index (χ1v) is 9.62. The van der Waals surface area contributed by atoms with Crippen LogP contribution in [0.5, 0.6) is 0 Å². The van der Waals surface area contributed by atoms with Gasteiger partial charge in [0.1, 0.15) is 5.82 Å². The number of imidazole rings is 1. The molecule has 0 amide bonds. The average molecular weight is 370 g/mol. The van der Waals surface area contributed by atoms with E-state index in [1.54, 1.807) is 0 Å². The summed E-state index contributed by atoms with van der Waals surface area (Å²) in [5, 5.41) is 0.897. The molecule has 0 fully saturated rings. The van der Waals surface area contributed by atoms with Crippen molar-refractivity contribution >= 4 is 22.7 Å². The first-order valence-electron chi connectivity index (χ1n) is 9.62. The number of rotatable bonds is 4. The van der Waals surface area contributed by atoms with E-state index in [4.69, 9.17) is 10.7 Å². The molecule has 5 rings (SSSR count). The van der Waals surface area contributed by atoms with Crippen LogP contribution in [0.15, 0.2) is 60.9 Å². The minimum Gasteiger partial charge on any atom is -0.383 e. The van der Waals surface area contributed by atoms with E-state index in [0.29, 0.717) is 18.3 Å². The fourth-order valence-corrected chi connectivity index (χ4v) is 3.86. The number of aromatic nitrogens is 4. The van der Waals surface area contributed by atoms with E-state index in [1.807, 2.05) is 30.6 Å². The summed E-state index contributed by atoms with van der Waals surface area (Å²) < 4.78 is 2.29. The van der Waals surface area contributed by atoms with Crippen molar-refractivity contribution in [1.82, 2.24) is 19.5 Å². The monoisotopic (exact) mass is 370 g/mol. The minimum absolute atomic E-state index is 0.528. The molecule has 0 spiro atoms. The van der Waals surface area contributed by atoms with Gasteiger partial charge in [0.25, 0.3) is 0 Å². The molecule has 1 aliphatic heterocycles. The van der Waals surface area contributed by atoms with Gasteiger partial charge in [-0.2, -0.15) is 4.98 Å². The highest BCUT2D eigenvalue weighted by molar-refractivity contribution is 5.88. The van der Waals surface area contributed by atoms with Gasteiger partial charge >= 0.3 is 0 Å². The first kappa shape index (κ1) is 16.7. The lowest BCUT2D eigenvalue weighted by Crippen LogP contribution is -2.32. The Morgan fingerprint density at radius 1 is 0.964 bits per heavy atom. The van der Waals surface area contributed by atoms with E-state index in [2.05, 4.69) is 49.8 Å². The number of nitrogen functional groups attached to an aromatic ring is 1. The van der Waals surface area contributed by atoms with Crippen molar-refractivity contribution in [3.63, 3.8) is 0 Å². The van der Waals surface area contributed by atoms with Crippen molar-refractivity contribution in [2.75, 3.05) is 17.2 Å². The summed E-state index contributed by atoms with van der Waals surface area (Å²) in [7, 11) is 0. The number of aryl methyl sites for hydroxylation is 2. The molecule has 0 saturated carbocycles. The van der Waals surface area contributed by atoms with Gasteiger partial charge in [-0.25, -0.2) is 9.97 Å². The highest BCUT2D eigenvalue weighted by atomic mass is 15.3. The van der Waals surface area contributed by atoms with E-state index < -0.39 is 0 Å². The zero-order valence-electron chi connectivity index (χ0n) is 15.6. The maximum Gasteiger partial charge on any atom is 0.228 e. The highest BCUT2D eigenvalue weighted by Gasteiger charge is 2.23. The molecule has 6 heteroatoms. The first-order chi connectivity index (χ1) is 13.8. The molecule has 4 aromatic rings. The second-order valence-corrected chi connectivity index (χ2v) is 7.16. The molecule has 0 saturated heterocycles. The molecule has 2 N–H and O–H groups in total. The summed E-state index contributed by atoms with van der Waals surface area (Å²) in [6.45, 7) is 2.53. The second kappa shape index (κ2) is 6.96. The van der Waals surface area contributed by atoms with Crippen LogP contribution in [0.4, 0.5) is 11.8 Å². The predicted molar refractivity (Wildman–Crippen MR) is 111 cm³/mol. The van der Waals surface area contributed by atoms with Gasteiger partial charge in [0, 0.05) is 30.6 Å². The summed E-state index contributed by atoms with van der Waals surface area (Å²) in [6.07, 6.45) is 3.91. The number of nitrogens with zero attached hydrogens (tertiary/aromatic N) is 5. The molecular formula is C22H22N6. The van der Waals surface area contributed by atoms with Gasteiger partial charge in [0.05, 0.1) is 24.1 Å². The molecule has 2 aromatic heterocycles. The van der Waals surface area contributed by atoms with Gasteiger partial charge in [0.2, 0.25) is 5.95 Å². The Bertz CT molecular complexity index is 1120. The summed E-state index contributed by atoms with van der Waals surface area (Å²) in [5.41, 5.74) is 10.8. The zero-order chi connectivity index (χ0) is 18.9. The van der Waals surface area contributed by atoms with Crippen LogP contribution in [0.2, 0.25) is 0 Å². The Morgan fingerprint density at radius 2 is 1.79 bits per heavy atom. The van der Waals surface area contributed by atoms with Crippen molar-refractivity contribution in [2.24, 2.45) is 0 Å². The highest BCUT2D eigenvalue weighted by Crippen LogP contribution is 2.25. The number of benzene rings is 2. The maximum absolute atomic E-state index is 6.16.